The summed E-state index contributed by atoms with van der Waals surface area (Å²) in [6, 6.07) is 0.317. The number of amides is 1. The number of nitrogens with zero attached hydrogens (tertiary/aromatic N) is 3. The highest BCUT2D eigenvalue weighted by Crippen LogP contribution is 2.16. The Morgan fingerprint density at radius 2 is 2.39 bits per heavy atom. The van der Waals surface area contributed by atoms with E-state index in [1.807, 2.05) is 0 Å². The zero-order valence-corrected chi connectivity index (χ0v) is 10.5. The van der Waals surface area contributed by atoms with Crippen molar-refractivity contribution in [3.63, 3.8) is 0 Å². The molecule has 1 aromatic heterocycles. The van der Waals surface area contributed by atoms with Crippen LogP contribution in [0.15, 0.2) is 6.20 Å². The molecule has 1 amide bonds. The van der Waals surface area contributed by atoms with Gasteiger partial charge in [-0.1, -0.05) is 5.21 Å². The number of nitrogens with one attached hydrogen (secondary N) is 2. The van der Waals surface area contributed by atoms with E-state index in [1.54, 1.807) is 17.8 Å². The maximum atomic E-state index is 11.7. The van der Waals surface area contributed by atoms with Gasteiger partial charge < -0.3 is 15.7 Å². The topological polar surface area (TPSA) is 92.1 Å². The number of aliphatic hydroxyl groups excluding tert-OH is 1. The van der Waals surface area contributed by atoms with Gasteiger partial charge in [-0.25, -0.2) is 4.68 Å². The molecule has 1 aliphatic rings. The Morgan fingerprint density at radius 1 is 1.67 bits per heavy atom. The molecular formula is C11H19N5O2. The van der Waals surface area contributed by atoms with Crippen molar-refractivity contribution in [1.82, 2.24) is 25.6 Å². The molecule has 1 saturated heterocycles. The molecule has 2 heterocycles. The van der Waals surface area contributed by atoms with Gasteiger partial charge in [-0.05, 0) is 32.9 Å². The van der Waals surface area contributed by atoms with Gasteiger partial charge in [-0.3, -0.25) is 4.79 Å². The Hall–Kier alpha value is -1.47. The van der Waals surface area contributed by atoms with Crippen molar-refractivity contribution in [3.8, 4) is 0 Å². The first kappa shape index (κ1) is 13.0. The van der Waals surface area contributed by atoms with Gasteiger partial charge in [0.2, 0.25) is 0 Å². The molecule has 0 aliphatic carbocycles. The van der Waals surface area contributed by atoms with Gasteiger partial charge >= 0.3 is 0 Å². The molecule has 0 saturated carbocycles. The summed E-state index contributed by atoms with van der Waals surface area (Å²) < 4.78 is 1.76. The van der Waals surface area contributed by atoms with E-state index in [2.05, 4.69) is 20.9 Å². The van der Waals surface area contributed by atoms with Crippen LogP contribution in [0.4, 0.5) is 0 Å². The number of aliphatic hydroxyl groups is 1. The summed E-state index contributed by atoms with van der Waals surface area (Å²) in [6.45, 7) is 3.77. The van der Waals surface area contributed by atoms with E-state index in [4.69, 9.17) is 5.11 Å². The summed E-state index contributed by atoms with van der Waals surface area (Å²) in [5, 5.41) is 22.8. The minimum absolute atomic E-state index is 0.221. The van der Waals surface area contributed by atoms with Gasteiger partial charge in [0.25, 0.3) is 5.91 Å². The van der Waals surface area contributed by atoms with Gasteiger partial charge in [0.05, 0.1) is 18.3 Å². The van der Waals surface area contributed by atoms with Crippen LogP contribution >= 0.6 is 0 Å². The van der Waals surface area contributed by atoms with E-state index in [0.29, 0.717) is 11.7 Å². The molecule has 18 heavy (non-hydrogen) atoms. The highest BCUT2D eigenvalue weighted by molar-refractivity contribution is 5.91. The number of hydrogen-bond acceptors (Lipinski definition) is 5. The first-order valence-electron chi connectivity index (χ1n) is 6.25. The van der Waals surface area contributed by atoms with Crippen LogP contribution in [0.5, 0.6) is 0 Å². The molecule has 2 rings (SSSR count). The lowest BCUT2D eigenvalue weighted by Crippen LogP contribution is -2.31. The van der Waals surface area contributed by atoms with Crippen LogP contribution in [0, 0.1) is 0 Å². The maximum absolute atomic E-state index is 11.7. The van der Waals surface area contributed by atoms with E-state index in [-0.39, 0.29) is 12.5 Å². The highest BCUT2D eigenvalue weighted by atomic mass is 16.3. The van der Waals surface area contributed by atoms with E-state index in [0.717, 1.165) is 25.9 Å². The first-order valence-corrected chi connectivity index (χ1v) is 6.25. The Balaban J connectivity index is 1.94. The van der Waals surface area contributed by atoms with Crippen LogP contribution in [0.3, 0.4) is 0 Å². The fourth-order valence-corrected chi connectivity index (χ4v) is 1.96. The van der Waals surface area contributed by atoms with E-state index < -0.39 is 6.10 Å². The molecule has 3 N–H and O–H groups in total. The summed E-state index contributed by atoms with van der Waals surface area (Å²) in [7, 11) is 0. The third kappa shape index (κ3) is 3.27. The van der Waals surface area contributed by atoms with Crippen molar-refractivity contribution in [2.45, 2.75) is 31.9 Å². The van der Waals surface area contributed by atoms with Gasteiger partial charge in [0.1, 0.15) is 0 Å². The quantitative estimate of drug-likeness (QED) is 0.661. The lowest BCUT2D eigenvalue weighted by molar-refractivity contribution is 0.0919. The Bertz CT molecular complexity index is 398. The summed E-state index contributed by atoms with van der Waals surface area (Å²) in [5.41, 5.74) is 0.300. The molecule has 1 aliphatic heterocycles. The van der Waals surface area contributed by atoms with Crippen LogP contribution in [0.2, 0.25) is 0 Å². The Labute approximate surface area is 106 Å². The average molecular weight is 253 g/mol. The molecule has 100 valence electrons. The van der Waals surface area contributed by atoms with Gasteiger partial charge in [-0.15, -0.1) is 5.10 Å². The molecule has 0 aromatic carbocycles. The number of piperidine rings is 1. The first-order chi connectivity index (χ1) is 8.66. The Kier molecular flexibility index (Phi) is 4.27. The second-order valence-electron chi connectivity index (χ2n) is 4.62. The Morgan fingerprint density at radius 3 is 3.06 bits per heavy atom. The van der Waals surface area contributed by atoms with Crippen LogP contribution in [0.25, 0.3) is 0 Å². The number of rotatable bonds is 4. The molecule has 0 radical (unpaired) electrons. The number of hydrogen-bond donors (Lipinski definition) is 3. The summed E-state index contributed by atoms with van der Waals surface area (Å²) in [4.78, 5) is 11.7. The number of aromatic nitrogens is 3. The maximum Gasteiger partial charge on any atom is 0.273 e. The number of carbonyl (C=O) groups is 1. The molecule has 1 aromatic rings. The van der Waals surface area contributed by atoms with Gasteiger partial charge in [0.15, 0.2) is 5.69 Å². The summed E-state index contributed by atoms with van der Waals surface area (Å²) in [6.07, 6.45) is 3.11. The summed E-state index contributed by atoms with van der Waals surface area (Å²) >= 11 is 0. The zero-order chi connectivity index (χ0) is 13.0. The van der Waals surface area contributed by atoms with E-state index in [1.165, 1.54) is 0 Å². The van der Waals surface area contributed by atoms with Crippen LogP contribution in [-0.2, 0) is 0 Å². The predicted octanol–water partition coefficient (Wildman–Crippen LogP) is -0.687. The second kappa shape index (κ2) is 5.92. The van der Waals surface area contributed by atoms with E-state index >= 15 is 0 Å². The minimum atomic E-state index is -0.562. The third-order valence-electron chi connectivity index (χ3n) is 2.98. The van der Waals surface area contributed by atoms with Crippen molar-refractivity contribution in [2.24, 2.45) is 0 Å². The predicted molar refractivity (Wildman–Crippen MR) is 65.2 cm³/mol. The molecule has 7 heteroatoms. The largest absolute Gasteiger partial charge is 0.392 e. The second-order valence-corrected chi connectivity index (χ2v) is 4.62. The fourth-order valence-electron chi connectivity index (χ4n) is 1.96. The van der Waals surface area contributed by atoms with Crippen molar-refractivity contribution in [1.29, 1.82) is 0 Å². The van der Waals surface area contributed by atoms with E-state index in [9.17, 15) is 4.79 Å². The normalized spacial score (nSPS) is 18.6. The summed E-state index contributed by atoms with van der Waals surface area (Å²) in [5.74, 6) is -0.295. The molecule has 1 fully saturated rings. The van der Waals surface area contributed by atoms with Crippen molar-refractivity contribution in [3.05, 3.63) is 11.9 Å². The van der Waals surface area contributed by atoms with Crippen LogP contribution in [0.1, 0.15) is 36.3 Å². The smallest absolute Gasteiger partial charge is 0.273 e. The lowest BCUT2D eigenvalue weighted by Gasteiger charge is -2.22. The SMILES string of the molecule is C[C@@H](O)CNC(=O)c1cn(C2CCNCC2)nn1. The van der Waals surface area contributed by atoms with Crippen molar-refractivity contribution < 1.29 is 9.90 Å². The van der Waals surface area contributed by atoms with Gasteiger partial charge in [0, 0.05) is 6.54 Å². The van der Waals surface area contributed by atoms with Crippen molar-refractivity contribution >= 4 is 5.91 Å². The number of carbonyl (C=O) groups excluding carboxylic acids is 1. The highest BCUT2D eigenvalue weighted by Gasteiger charge is 2.18. The molecule has 0 bridgehead atoms. The van der Waals surface area contributed by atoms with Crippen molar-refractivity contribution in [2.75, 3.05) is 19.6 Å². The lowest BCUT2D eigenvalue weighted by atomic mass is 10.1. The third-order valence-corrected chi connectivity index (χ3v) is 2.98. The molecular weight excluding hydrogens is 234 g/mol. The van der Waals surface area contributed by atoms with Crippen LogP contribution < -0.4 is 10.6 Å². The fraction of sp³-hybridized carbons (Fsp3) is 0.727. The minimum Gasteiger partial charge on any atom is -0.392 e. The van der Waals surface area contributed by atoms with Gasteiger partial charge in [-0.2, -0.15) is 0 Å². The molecule has 7 nitrogen and oxygen atoms in total. The molecule has 0 spiro atoms. The monoisotopic (exact) mass is 253 g/mol. The molecule has 0 unspecified atom stereocenters. The average Bonchev–Trinajstić information content (AvgIpc) is 2.86. The van der Waals surface area contributed by atoms with Crippen LogP contribution in [-0.4, -0.2) is 51.7 Å². The standard InChI is InChI=1S/C11H19N5O2/c1-8(17)6-13-11(18)10-7-16(15-14-10)9-2-4-12-5-3-9/h7-9,12,17H,2-6H2,1H3,(H,13,18)/t8-/m1/s1. The molecule has 1 atom stereocenters. The zero-order valence-electron chi connectivity index (χ0n) is 10.5.